The van der Waals surface area contributed by atoms with Crippen molar-refractivity contribution in [2.45, 2.75) is 7.43 Å². The van der Waals surface area contributed by atoms with Crippen LogP contribution in [0.15, 0.2) is 24.3 Å². The molecule has 0 amide bonds. The molecule has 0 unspecified atom stereocenters. The molecule has 2 rings (SSSR count). The van der Waals surface area contributed by atoms with Gasteiger partial charge in [0.15, 0.2) is 11.6 Å². The fourth-order valence-electron chi connectivity index (χ4n) is 1.35. The van der Waals surface area contributed by atoms with E-state index in [0.29, 0.717) is 0 Å². The van der Waals surface area contributed by atoms with Crippen molar-refractivity contribution in [2.24, 2.45) is 0 Å². The van der Waals surface area contributed by atoms with Gasteiger partial charge in [-0.1, -0.05) is 53.8 Å². The zero-order valence-corrected chi connectivity index (χ0v) is 15.0. The van der Waals surface area contributed by atoms with Gasteiger partial charge in [0, 0.05) is 5.56 Å². The molecule has 0 aliphatic carbocycles. The first-order valence-electron chi connectivity index (χ1n) is 5.76. The van der Waals surface area contributed by atoms with E-state index in [1.54, 1.807) is 0 Å². The van der Waals surface area contributed by atoms with E-state index in [4.69, 9.17) is 63.1 Å². The van der Waals surface area contributed by atoms with Gasteiger partial charge in [-0.2, -0.15) is 0 Å². The SMILES string of the molecule is C.O=C(Cl)c1cc(Cl)c(F)c(Cl)c1.O=C(O)c1cc(Cl)c(F)c(Cl)c1. The number of carbonyl (C=O) groups is 2. The molecule has 0 spiro atoms. The van der Waals surface area contributed by atoms with Crippen LogP contribution in [-0.2, 0) is 0 Å². The van der Waals surface area contributed by atoms with Crippen LogP contribution < -0.4 is 0 Å². The molecule has 0 saturated carbocycles. The molecular weight excluding hydrogens is 443 g/mol. The second kappa shape index (κ2) is 10.1. The van der Waals surface area contributed by atoms with Crippen molar-refractivity contribution in [3.8, 4) is 0 Å². The molecule has 2 aromatic carbocycles. The summed E-state index contributed by atoms with van der Waals surface area (Å²) in [6.45, 7) is 0. The fraction of sp³-hybridized carbons (Fsp3) is 0.0667. The van der Waals surface area contributed by atoms with Crippen molar-refractivity contribution in [1.82, 2.24) is 0 Å². The lowest BCUT2D eigenvalue weighted by molar-refractivity contribution is 0.0696. The third kappa shape index (κ3) is 6.60. The van der Waals surface area contributed by atoms with E-state index in [0.717, 1.165) is 24.3 Å². The highest BCUT2D eigenvalue weighted by atomic mass is 35.5. The highest BCUT2D eigenvalue weighted by molar-refractivity contribution is 6.68. The zero-order chi connectivity index (χ0) is 18.6. The maximum absolute atomic E-state index is 12.8. The van der Waals surface area contributed by atoms with Crippen molar-refractivity contribution >= 4 is 69.2 Å². The van der Waals surface area contributed by atoms with Gasteiger partial charge in [0.2, 0.25) is 0 Å². The van der Waals surface area contributed by atoms with Crippen LogP contribution in [0.3, 0.4) is 0 Å². The van der Waals surface area contributed by atoms with Crippen molar-refractivity contribution < 1.29 is 23.5 Å². The number of hydrogen-bond donors (Lipinski definition) is 1. The molecular formula is C15H9Cl5F2O3. The van der Waals surface area contributed by atoms with Crippen LogP contribution in [0.2, 0.25) is 20.1 Å². The fourth-order valence-corrected chi connectivity index (χ4v) is 2.43. The molecule has 0 aliphatic rings. The first kappa shape index (κ1) is 23.9. The second-order valence-corrected chi connectivity index (χ2v) is 6.06. The first-order valence-corrected chi connectivity index (χ1v) is 7.65. The number of carboxylic acid groups (broad SMARTS) is 1. The molecule has 0 aromatic heterocycles. The van der Waals surface area contributed by atoms with E-state index in [1.165, 1.54) is 0 Å². The van der Waals surface area contributed by atoms with Crippen LogP contribution in [0.5, 0.6) is 0 Å². The number of carboxylic acids is 1. The highest BCUT2D eigenvalue weighted by Crippen LogP contribution is 2.25. The number of hydrogen-bond acceptors (Lipinski definition) is 2. The Balaban J connectivity index is 0.000000443. The minimum Gasteiger partial charge on any atom is -0.478 e. The van der Waals surface area contributed by atoms with Crippen molar-refractivity contribution in [3.63, 3.8) is 0 Å². The molecule has 0 saturated heterocycles. The maximum atomic E-state index is 12.8. The molecule has 2 aromatic rings. The average Bonchev–Trinajstić information content (AvgIpc) is 2.49. The average molecular weight is 452 g/mol. The van der Waals surface area contributed by atoms with E-state index >= 15 is 0 Å². The molecule has 10 heteroatoms. The van der Waals surface area contributed by atoms with Crippen LogP contribution in [-0.4, -0.2) is 16.3 Å². The van der Waals surface area contributed by atoms with E-state index in [9.17, 15) is 18.4 Å². The summed E-state index contributed by atoms with van der Waals surface area (Å²) >= 11 is 26.6. The molecule has 136 valence electrons. The minimum absolute atomic E-state index is 0. The Morgan fingerprint density at radius 3 is 1.28 bits per heavy atom. The Hall–Kier alpha value is -1.11. The third-order valence-electron chi connectivity index (χ3n) is 2.44. The molecule has 0 heterocycles. The second-order valence-electron chi connectivity index (χ2n) is 4.09. The summed E-state index contributed by atoms with van der Waals surface area (Å²) < 4.78 is 25.5. The summed E-state index contributed by atoms with van der Waals surface area (Å²) in [6.07, 6.45) is 0. The minimum atomic E-state index is -1.20. The van der Waals surface area contributed by atoms with Crippen LogP contribution in [0.25, 0.3) is 0 Å². The maximum Gasteiger partial charge on any atom is 0.335 e. The van der Waals surface area contributed by atoms with Gasteiger partial charge in [0.05, 0.1) is 25.7 Å². The normalized spacial score (nSPS) is 9.56. The first-order chi connectivity index (χ1) is 11.0. The van der Waals surface area contributed by atoms with Gasteiger partial charge in [-0.05, 0) is 35.9 Å². The van der Waals surface area contributed by atoms with E-state index in [-0.39, 0.29) is 38.6 Å². The topological polar surface area (TPSA) is 54.4 Å². The van der Waals surface area contributed by atoms with Gasteiger partial charge in [0.25, 0.3) is 5.24 Å². The molecule has 0 radical (unpaired) electrons. The molecule has 0 fully saturated rings. The lowest BCUT2D eigenvalue weighted by atomic mass is 10.2. The van der Waals surface area contributed by atoms with Gasteiger partial charge in [0.1, 0.15) is 0 Å². The molecule has 0 bridgehead atoms. The van der Waals surface area contributed by atoms with E-state index in [1.807, 2.05) is 0 Å². The number of aromatic carboxylic acids is 1. The standard InChI is InChI=1S/C7H2Cl3FO.C7H3Cl2FO2.CH4/c8-4-1-3(7(10)12)2-5(9)6(4)11;8-4-1-3(7(11)12)2-5(9)6(4)10;/h1-2H;1-2H,(H,11,12);1H4. The summed E-state index contributed by atoms with van der Waals surface area (Å²) in [5.41, 5.74) is -0.0560. The highest BCUT2D eigenvalue weighted by Gasteiger charge is 2.11. The monoisotopic (exact) mass is 450 g/mol. The predicted molar refractivity (Wildman–Crippen MR) is 96.7 cm³/mol. The summed E-state index contributed by atoms with van der Waals surface area (Å²) in [5.74, 6) is -2.75. The van der Waals surface area contributed by atoms with Crippen LogP contribution in [0, 0.1) is 11.6 Å². The lowest BCUT2D eigenvalue weighted by Crippen LogP contribution is -1.96. The number of rotatable bonds is 2. The Bertz CT molecular complexity index is 698. The van der Waals surface area contributed by atoms with Gasteiger partial charge in [-0.25, -0.2) is 13.6 Å². The van der Waals surface area contributed by atoms with E-state index < -0.39 is 22.8 Å². The summed E-state index contributed by atoms with van der Waals surface area (Å²) in [4.78, 5) is 21.0. The lowest BCUT2D eigenvalue weighted by Gasteiger charge is -1.99. The van der Waals surface area contributed by atoms with Crippen molar-refractivity contribution in [2.75, 3.05) is 0 Å². The third-order valence-corrected chi connectivity index (χ3v) is 3.76. The molecule has 3 nitrogen and oxygen atoms in total. The Morgan fingerprint density at radius 1 is 0.760 bits per heavy atom. The summed E-state index contributed by atoms with van der Waals surface area (Å²) in [6, 6.07) is 4.26. The quantitative estimate of drug-likeness (QED) is 0.395. The van der Waals surface area contributed by atoms with E-state index in [2.05, 4.69) is 0 Å². The molecule has 25 heavy (non-hydrogen) atoms. The Labute approximate surface area is 167 Å². The molecule has 0 aliphatic heterocycles. The van der Waals surface area contributed by atoms with Crippen LogP contribution in [0.1, 0.15) is 28.1 Å². The smallest absolute Gasteiger partial charge is 0.335 e. The summed E-state index contributed by atoms with van der Waals surface area (Å²) in [7, 11) is 0. The molecule has 1 N–H and O–H groups in total. The Kier molecular flexibility index (Phi) is 9.69. The zero-order valence-electron chi connectivity index (χ0n) is 11.2. The number of carbonyl (C=O) groups excluding carboxylic acids is 1. The number of benzene rings is 2. The van der Waals surface area contributed by atoms with Crippen LogP contribution in [0.4, 0.5) is 8.78 Å². The van der Waals surface area contributed by atoms with Gasteiger partial charge in [-0.15, -0.1) is 0 Å². The summed E-state index contributed by atoms with van der Waals surface area (Å²) in [5, 5.41) is 6.75. The van der Waals surface area contributed by atoms with Gasteiger partial charge < -0.3 is 5.11 Å². The van der Waals surface area contributed by atoms with Crippen LogP contribution >= 0.6 is 58.0 Å². The largest absolute Gasteiger partial charge is 0.478 e. The van der Waals surface area contributed by atoms with Crippen molar-refractivity contribution in [3.05, 3.63) is 67.1 Å². The number of halogens is 7. The van der Waals surface area contributed by atoms with Gasteiger partial charge in [-0.3, -0.25) is 4.79 Å². The molecule has 0 atom stereocenters. The van der Waals surface area contributed by atoms with Gasteiger partial charge >= 0.3 is 5.97 Å². The van der Waals surface area contributed by atoms with Crippen molar-refractivity contribution in [1.29, 1.82) is 0 Å². The Morgan fingerprint density at radius 2 is 1.04 bits per heavy atom. The predicted octanol–water partition coefficient (Wildman–Crippen LogP) is 6.98.